The van der Waals surface area contributed by atoms with Crippen LogP contribution in [0.2, 0.25) is 0 Å². The molecule has 0 aromatic heterocycles. The van der Waals surface area contributed by atoms with Gasteiger partial charge in [-0.1, -0.05) is 30.3 Å². The third kappa shape index (κ3) is 5.08. The molecule has 0 bridgehead atoms. The number of ether oxygens (including phenoxy) is 1. The van der Waals surface area contributed by atoms with Gasteiger partial charge in [0, 0.05) is 45.4 Å². The van der Waals surface area contributed by atoms with Gasteiger partial charge < -0.3 is 15.4 Å². The van der Waals surface area contributed by atoms with Crippen molar-refractivity contribution >= 4 is 30.7 Å². The van der Waals surface area contributed by atoms with Gasteiger partial charge in [0.1, 0.15) is 5.54 Å². The molecule has 1 unspecified atom stereocenters. The molecule has 142 valence electrons. The van der Waals surface area contributed by atoms with E-state index in [1.807, 2.05) is 42.2 Å². The summed E-state index contributed by atoms with van der Waals surface area (Å²) in [6.45, 7) is 6.92. The summed E-state index contributed by atoms with van der Waals surface area (Å²) >= 11 is 0. The van der Waals surface area contributed by atoms with E-state index in [-0.39, 0.29) is 30.7 Å². The van der Waals surface area contributed by atoms with Crippen molar-refractivity contribution in [1.29, 1.82) is 0 Å². The predicted molar refractivity (Wildman–Crippen MR) is 104 cm³/mol. The van der Waals surface area contributed by atoms with Crippen LogP contribution in [0.3, 0.4) is 0 Å². The minimum atomic E-state index is -0.956. The molecule has 3 rings (SSSR count). The molecule has 1 amide bonds. The first-order valence-electron chi connectivity index (χ1n) is 8.54. The highest BCUT2D eigenvalue weighted by Gasteiger charge is 2.36. The predicted octanol–water partition coefficient (Wildman–Crippen LogP) is 2.03. The Balaban J connectivity index is 0.00000156. The van der Waals surface area contributed by atoms with Gasteiger partial charge in [-0.25, -0.2) is 0 Å². The highest BCUT2D eigenvalue weighted by Crippen LogP contribution is 2.22. The highest BCUT2D eigenvalue weighted by molar-refractivity contribution is 5.87. The van der Waals surface area contributed by atoms with Crippen molar-refractivity contribution in [3.8, 4) is 0 Å². The van der Waals surface area contributed by atoms with E-state index in [0.29, 0.717) is 6.04 Å². The summed E-state index contributed by atoms with van der Waals surface area (Å²) in [5, 5.41) is 0. The maximum Gasteiger partial charge on any atom is 0.247 e. The maximum absolute atomic E-state index is 12.9. The first-order chi connectivity index (χ1) is 11.1. The van der Waals surface area contributed by atoms with Gasteiger partial charge in [0.25, 0.3) is 0 Å². The molecular weight excluding hydrogens is 361 g/mol. The second kappa shape index (κ2) is 9.74. The van der Waals surface area contributed by atoms with Gasteiger partial charge in [-0.15, -0.1) is 24.8 Å². The molecule has 5 nitrogen and oxygen atoms in total. The van der Waals surface area contributed by atoms with E-state index >= 15 is 0 Å². The maximum atomic E-state index is 12.9. The molecule has 2 saturated heterocycles. The lowest BCUT2D eigenvalue weighted by Crippen LogP contribution is -2.58. The van der Waals surface area contributed by atoms with Crippen molar-refractivity contribution in [2.75, 3.05) is 39.4 Å². The van der Waals surface area contributed by atoms with Crippen molar-refractivity contribution in [2.45, 2.75) is 31.3 Å². The summed E-state index contributed by atoms with van der Waals surface area (Å²) in [6, 6.07) is 10.3. The van der Waals surface area contributed by atoms with Gasteiger partial charge in [-0.3, -0.25) is 9.69 Å². The molecule has 0 saturated carbocycles. The number of hydrogen-bond acceptors (Lipinski definition) is 4. The van der Waals surface area contributed by atoms with Crippen LogP contribution >= 0.6 is 24.8 Å². The van der Waals surface area contributed by atoms with Crippen molar-refractivity contribution in [3.63, 3.8) is 0 Å². The molecule has 2 aliphatic heterocycles. The Morgan fingerprint density at radius 2 is 1.64 bits per heavy atom. The Kier molecular flexibility index (Phi) is 8.64. The Morgan fingerprint density at radius 1 is 1.08 bits per heavy atom. The fraction of sp³-hybridized carbons (Fsp3) is 0.611. The molecule has 2 N–H and O–H groups in total. The van der Waals surface area contributed by atoms with Crippen LogP contribution < -0.4 is 5.73 Å². The van der Waals surface area contributed by atoms with Crippen LogP contribution in [0, 0.1) is 0 Å². The third-order valence-corrected chi connectivity index (χ3v) is 5.13. The number of halogens is 2. The van der Waals surface area contributed by atoms with Crippen LogP contribution in [0.25, 0.3) is 0 Å². The van der Waals surface area contributed by atoms with E-state index in [2.05, 4.69) is 4.90 Å². The van der Waals surface area contributed by atoms with Crippen LogP contribution in [0.1, 0.15) is 25.3 Å². The molecule has 1 aromatic carbocycles. The number of nitrogens with two attached hydrogens (primary N) is 1. The van der Waals surface area contributed by atoms with Gasteiger partial charge in [0.15, 0.2) is 0 Å². The Bertz CT molecular complexity index is 528. The summed E-state index contributed by atoms with van der Waals surface area (Å²) in [5.41, 5.74) is 6.28. The lowest BCUT2D eigenvalue weighted by molar-refractivity contribution is -0.139. The number of rotatable bonds is 3. The molecule has 2 aliphatic rings. The highest BCUT2D eigenvalue weighted by atomic mass is 35.5. The zero-order valence-electron chi connectivity index (χ0n) is 14.7. The van der Waals surface area contributed by atoms with E-state index in [4.69, 9.17) is 10.5 Å². The minimum Gasteiger partial charge on any atom is -0.381 e. The first kappa shape index (κ1) is 22.2. The molecule has 7 heteroatoms. The van der Waals surface area contributed by atoms with E-state index in [1.165, 1.54) is 0 Å². The number of carbonyl (C=O) groups is 1. The number of amides is 1. The van der Waals surface area contributed by atoms with E-state index in [1.54, 1.807) is 0 Å². The standard InChI is InChI=1S/C18H27N3O2.2ClH/c1-18(19,15-5-3-2-4-6-15)17(22)21-11-9-20(10-12-21)16-7-13-23-14-8-16;;/h2-6,16H,7-14,19H2,1H3;2*1H. The Morgan fingerprint density at radius 3 is 2.20 bits per heavy atom. The Hall–Kier alpha value is -0.850. The molecular formula is C18H29Cl2N3O2. The van der Waals surface area contributed by atoms with Crippen molar-refractivity contribution in [3.05, 3.63) is 35.9 Å². The average Bonchev–Trinajstić information content (AvgIpc) is 2.63. The lowest BCUT2D eigenvalue weighted by atomic mass is 9.91. The Labute approximate surface area is 162 Å². The second-order valence-corrected chi connectivity index (χ2v) is 6.74. The van der Waals surface area contributed by atoms with Crippen molar-refractivity contribution < 1.29 is 9.53 Å². The number of nitrogens with zero attached hydrogens (tertiary/aromatic N) is 2. The van der Waals surface area contributed by atoms with Gasteiger partial charge >= 0.3 is 0 Å². The monoisotopic (exact) mass is 389 g/mol. The average molecular weight is 390 g/mol. The number of piperazine rings is 1. The molecule has 25 heavy (non-hydrogen) atoms. The number of benzene rings is 1. The fourth-order valence-electron chi connectivity index (χ4n) is 3.58. The first-order valence-corrected chi connectivity index (χ1v) is 8.54. The quantitative estimate of drug-likeness (QED) is 0.858. The van der Waals surface area contributed by atoms with Crippen LogP contribution in [-0.2, 0) is 15.1 Å². The van der Waals surface area contributed by atoms with E-state index < -0.39 is 5.54 Å². The van der Waals surface area contributed by atoms with E-state index in [9.17, 15) is 4.79 Å². The topological polar surface area (TPSA) is 58.8 Å². The molecule has 0 aliphatic carbocycles. The molecule has 0 spiro atoms. The minimum absolute atomic E-state index is 0. The molecule has 1 aromatic rings. The molecule has 2 fully saturated rings. The number of hydrogen-bond donors (Lipinski definition) is 1. The zero-order valence-corrected chi connectivity index (χ0v) is 16.4. The SMILES string of the molecule is CC(N)(C(=O)N1CCN(C2CCOCC2)CC1)c1ccccc1.Cl.Cl. The van der Waals surface area contributed by atoms with Crippen LogP contribution in [-0.4, -0.2) is 61.1 Å². The van der Waals surface area contributed by atoms with Gasteiger partial charge in [-0.2, -0.15) is 0 Å². The molecule has 0 radical (unpaired) electrons. The lowest BCUT2D eigenvalue weighted by Gasteiger charge is -2.42. The zero-order chi connectivity index (χ0) is 16.3. The summed E-state index contributed by atoms with van der Waals surface area (Å²) < 4.78 is 5.44. The van der Waals surface area contributed by atoms with Gasteiger partial charge in [0.05, 0.1) is 0 Å². The molecule has 1 atom stereocenters. The summed E-state index contributed by atoms with van der Waals surface area (Å²) in [6.07, 6.45) is 2.21. The fourth-order valence-corrected chi connectivity index (χ4v) is 3.58. The summed E-state index contributed by atoms with van der Waals surface area (Å²) in [4.78, 5) is 17.3. The van der Waals surface area contributed by atoms with E-state index in [0.717, 1.165) is 57.8 Å². The normalized spacial score (nSPS) is 21.6. The van der Waals surface area contributed by atoms with Gasteiger partial charge in [0.2, 0.25) is 5.91 Å². The van der Waals surface area contributed by atoms with Crippen LogP contribution in [0.4, 0.5) is 0 Å². The van der Waals surface area contributed by atoms with Crippen molar-refractivity contribution in [2.24, 2.45) is 5.73 Å². The van der Waals surface area contributed by atoms with Crippen LogP contribution in [0.15, 0.2) is 30.3 Å². The summed E-state index contributed by atoms with van der Waals surface area (Å²) in [7, 11) is 0. The van der Waals surface area contributed by atoms with Crippen LogP contribution in [0.5, 0.6) is 0 Å². The molecule has 2 heterocycles. The largest absolute Gasteiger partial charge is 0.381 e. The number of carbonyl (C=O) groups excluding carboxylic acids is 1. The smallest absolute Gasteiger partial charge is 0.247 e. The summed E-state index contributed by atoms with van der Waals surface area (Å²) in [5.74, 6) is 0.0235. The van der Waals surface area contributed by atoms with Gasteiger partial charge in [-0.05, 0) is 25.3 Å². The van der Waals surface area contributed by atoms with Crippen molar-refractivity contribution in [1.82, 2.24) is 9.80 Å². The third-order valence-electron chi connectivity index (χ3n) is 5.13. The second-order valence-electron chi connectivity index (χ2n) is 6.74.